The summed E-state index contributed by atoms with van der Waals surface area (Å²) in [5.74, 6) is -0.0149. The lowest BCUT2D eigenvalue weighted by Crippen LogP contribution is -2.44. The first-order valence-electron chi connectivity index (χ1n) is 6.89. The molecule has 0 aromatic carbocycles. The number of morpholine rings is 1. The Bertz CT molecular complexity index is 662. The minimum Gasteiger partial charge on any atom is -0.377 e. The van der Waals surface area contributed by atoms with Gasteiger partial charge in [0.25, 0.3) is 5.91 Å². The molecule has 5 nitrogen and oxygen atoms in total. The molecule has 1 unspecified atom stereocenters. The quantitative estimate of drug-likeness (QED) is 0.853. The van der Waals surface area contributed by atoms with Crippen LogP contribution in [0.3, 0.4) is 0 Å². The van der Waals surface area contributed by atoms with Gasteiger partial charge in [0.15, 0.2) is 0 Å². The Morgan fingerprint density at radius 1 is 1.38 bits per heavy atom. The molecule has 112 valence electrons. The number of hydrogen-bond donors (Lipinski definition) is 0. The molecular weight excluding hydrogens is 290 g/mol. The summed E-state index contributed by atoms with van der Waals surface area (Å²) in [4.78, 5) is 14.7. The highest BCUT2D eigenvalue weighted by Crippen LogP contribution is 2.27. The third kappa shape index (κ3) is 2.59. The minimum atomic E-state index is -0.0695. The SMILES string of the molecule is Cn1cc(Cl)cc1C(=O)N1CCOCC1c1cccn1C. The molecule has 3 heterocycles. The Morgan fingerprint density at radius 2 is 2.19 bits per heavy atom. The summed E-state index contributed by atoms with van der Waals surface area (Å²) in [6.45, 7) is 1.66. The van der Waals surface area contributed by atoms with Crippen LogP contribution in [0.2, 0.25) is 5.02 Å². The van der Waals surface area contributed by atoms with Crippen LogP contribution < -0.4 is 0 Å². The molecule has 3 rings (SSSR count). The summed E-state index contributed by atoms with van der Waals surface area (Å²) in [5.41, 5.74) is 1.67. The maximum atomic E-state index is 12.8. The van der Waals surface area contributed by atoms with Gasteiger partial charge in [-0.1, -0.05) is 11.6 Å². The second-order valence-electron chi connectivity index (χ2n) is 5.29. The van der Waals surface area contributed by atoms with Gasteiger partial charge in [-0.05, 0) is 18.2 Å². The van der Waals surface area contributed by atoms with Crippen molar-refractivity contribution in [2.45, 2.75) is 6.04 Å². The van der Waals surface area contributed by atoms with Gasteiger partial charge < -0.3 is 18.8 Å². The van der Waals surface area contributed by atoms with Crippen LogP contribution in [0.4, 0.5) is 0 Å². The van der Waals surface area contributed by atoms with E-state index in [4.69, 9.17) is 16.3 Å². The summed E-state index contributed by atoms with van der Waals surface area (Å²) in [6, 6.07) is 5.64. The number of nitrogens with zero attached hydrogens (tertiary/aromatic N) is 3. The van der Waals surface area contributed by atoms with Gasteiger partial charge in [0, 0.05) is 38.7 Å². The van der Waals surface area contributed by atoms with Crippen molar-refractivity contribution in [1.29, 1.82) is 0 Å². The van der Waals surface area contributed by atoms with Gasteiger partial charge >= 0.3 is 0 Å². The fourth-order valence-corrected chi connectivity index (χ4v) is 3.05. The van der Waals surface area contributed by atoms with Crippen LogP contribution in [0.25, 0.3) is 0 Å². The summed E-state index contributed by atoms with van der Waals surface area (Å²) in [5, 5.41) is 0.574. The molecule has 1 saturated heterocycles. The van der Waals surface area contributed by atoms with Crippen LogP contribution in [0.5, 0.6) is 0 Å². The predicted octanol–water partition coefficient (Wildman–Crippen LogP) is 2.23. The van der Waals surface area contributed by atoms with Crippen LogP contribution in [-0.2, 0) is 18.8 Å². The third-order valence-electron chi connectivity index (χ3n) is 3.91. The molecule has 0 radical (unpaired) electrons. The number of hydrogen-bond acceptors (Lipinski definition) is 2. The summed E-state index contributed by atoms with van der Waals surface area (Å²) in [7, 11) is 3.81. The number of aromatic nitrogens is 2. The molecular formula is C15H18ClN3O2. The molecule has 2 aromatic rings. The molecule has 1 amide bonds. The molecule has 1 fully saturated rings. The molecule has 1 atom stereocenters. The smallest absolute Gasteiger partial charge is 0.271 e. The molecule has 1 aliphatic heterocycles. The van der Waals surface area contributed by atoms with E-state index in [1.165, 1.54) is 0 Å². The highest BCUT2D eigenvalue weighted by atomic mass is 35.5. The lowest BCUT2D eigenvalue weighted by molar-refractivity contribution is -0.00512. The van der Waals surface area contributed by atoms with Crippen molar-refractivity contribution in [3.05, 3.63) is 47.0 Å². The zero-order valence-electron chi connectivity index (χ0n) is 12.1. The summed E-state index contributed by atoms with van der Waals surface area (Å²) in [6.07, 6.45) is 3.72. The number of carbonyl (C=O) groups excluding carboxylic acids is 1. The largest absolute Gasteiger partial charge is 0.377 e. The van der Waals surface area contributed by atoms with Crippen molar-refractivity contribution < 1.29 is 9.53 Å². The van der Waals surface area contributed by atoms with E-state index in [-0.39, 0.29) is 11.9 Å². The molecule has 0 aliphatic carbocycles. The number of halogens is 1. The van der Waals surface area contributed by atoms with Gasteiger partial charge in [0.1, 0.15) is 5.69 Å². The highest BCUT2D eigenvalue weighted by molar-refractivity contribution is 6.31. The maximum absolute atomic E-state index is 12.8. The van der Waals surface area contributed by atoms with Crippen molar-refractivity contribution in [3.8, 4) is 0 Å². The molecule has 0 N–H and O–H groups in total. The van der Waals surface area contributed by atoms with Gasteiger partial charge in [-0.2, -0.15) is 0 Å². The molecule has 2 aromatic heterocycles. The van der Waals surface area contributed by atoms with Crippen LogP contribution in [0.1, 0.15) is 22.2 Å². The van der Waals surface area contributed by atoms with Crippen LogP contribution in [-0.4, -0.2) is 39.7 Å². The molecule has 0 spiro atoms. The second kappa shape index (κ2) is 5.58. The van der Waals surface area contributed by atoms with Gasteiger partial charge in [-0.25, -0.2) is 0 Å². The van der Waals surface area contributed by atoms with Crippen molar-refractivity contribution in [3.63, 3.8) is 0 Å². The topological polar surface area (TPSA) is 39.4 Å². The number of amides is 1. The van der Waals surface area contributed by atoms with E-state index in [0.717, 1.165) is 5.69 Å². The van der Waals surface area contributed by atoms with E-state index < -0.39 is 0 Å². The molecule has 0 saturated carbocycles. The summed E-state index contributed by atoms with van der Waals surface area (Å²) < 4.78 is 9.36. The van der Waals surface area contributed by atoms with Crippen molar-refractivity contribution in [2.24, 2.45) is 14.1 Å². The molecule has 21 heavy (non-hydrogen) atoms. The first kappa shape index (κ1) is 14.2. The molecule has 1 aliphatic rings. The molecule has 6 heteroatoms. The Hall–Kier alpha value is -1.72. The van der Waals surface area contributed by atoms with Gasteiger partial charge in [-0.3, -0.25) is 4.79 Å². The number of aryl methyl sites for hydroxylation is 2. The first-order valence-corrected chi connectivity index (χ1v) is 7.27. The third-order valence-corrected chi connectivity index (χ3v) is 4.11. The first-order chi connectivity index (χ1) is 10.1. The van der Waals surface area contributed by atoms with Crippen molar-refractivity contribution in [2.75, 3.05) is 19.8 Å². The fourth-order valence-electron chi connectivity index (χ4n) is 2.80. The lowest BCUT2D eigenvalue weighted by Gasteiger charge is -2.36. The van der Waals surface area contributed by atoms with Crippen molar-refractivity contribution >= 4 is 17.5 Å². The Balaban J connectivity index is 1.93. The van der Waals surface area contributed by atoms with E-state index in [0.29, 0.717) is 30.5 Å². The van der Waals surface area contributed by atoms with E-state index in [1.807, 2.05) is 41.9 Å². The van der Waals surface area contributed by atoms with E-state index in [1.54, 1.807) is 16.8 Å². The number of carbonyl (C=O) groups is 1. The van der Waals surface area contributed by atoms with E-state index >= 15 is 0 Å². The van der Waals surface area contributed by atoms with Crippen molar-refractivity contribution in [1.82, 2.24) is 14.0 Å². The number of rotatable bonds is 2. The Kier molecular flexibility index (Phi) is 3.78. The summed E-state index contributed by atoms with van der Waals surface area (Å²) >= 11 is 5.99. The van der Waals surface area contributed by atoms with Crippen LogP contribution in [0, 0.1) is 0 Å². The van der Waals surface area contributed by atoms with Gasteiger partial charge in [0.05, 0.1) is 24.3 Å². The number of ether oxygens (including phenoxy) is 1. The standard InChI is InChI=1S/C15H18ClN3O2/c1-17-5-3-4-12(17)14-10-21-7-6-19(14)15(20)13-8-11(16)9-18(13)2/h3-5,8-9,14H,6-7,10H2,1-2H3. The second-order valence-corrected chi connectivity index (χ2v) is 5.72. The highest BCUT2D eigenvalue weighted by Gasteiger charge is 2.31. The predicted molar refractivity (Wildman–Crippen MR) is 80.4 cm³/mol. The maximum Gasteiger partial charge on any atom is 0.271 e. The average molecular weight is 308 g/mol. The average Bonchev–Trinajstić information content (AvgIpc) is 3.03. The van der Waals surface area contributed by atoms with E-state index in [2.05, 4.69) is 0 Å². The monoisotopic (exact) mass is 307 g/mol. The van der Waals surface area contributed by atoms with E-state index in [9.17, 15) is 4.79 Å². The van der Waals surface area contributed by atoms with Gasteiger partial charge in [0.2, 0.25) is 0 Å². The minimum absolute atomic E-state index is 0.0149. The normalized spacial score (nSPS) is 19.0. The zero-order chi connectivity index (χ0) is 15.0. The van der Waals surface area contributed by atoms with Gasteiger partial charge in [-0.15, -0.1) is 0 Å². The Labute approximate surface area is 128 Å². The fraction of sp³-hybridized carbons (Fsp3) is 0.400. The lowest BCUT2D eigenvalue weighted by atomic mass is 10.1. The molecule has 0 bridgehead atoms. The zero-order valence-corrected chi connectivity index (χ0v) is 12.9. The Morgan fingerprint density at radius 3 is 2.81 bits per heavy atom. The van der Waals surface area contributed by atoms with Crippen LogP contribution in [0.15, 0.2) is 30.6 Å². The van der Waals surface area contributed by atoms with Crippen LogP contribution >= 0.6 is 11.6 Å².